The number of piperidine rings is 1. The number of aliphatic hydroxyl groups excluding tert-OH is 1. The summed E-state index contributed by atoms with van der Waals surface area (Å²) in [6.07, 6.45) is 0.619. The predicted molar refractivity (Wildman–Crippen MR) is 156 cm³/mol. The van der Waals surface area contributed by atoms with E-state index in [2.05, 4.69) is 4.90 Å². The zero-order valence-electron chi connectivity index (χ0n) is 22.1. The molecular formula is C28H31Cl2N7O2. The summed E-state index contributed by atoms with van der Waals surface area (Å²) >= 11 is 12.9. The Balaban J connectivity index is 1.76. The largest absolute Gasteiger partial charge is 0.392 e. The number of carbonyl (C=O) groups is 1. The minimum absolute atomic E-state index is 0.291. The molecule has 0 saturated carbocycles. The van der Waals surface area contributed by atoms with Crippen LogP contribution in [0.4, 0.5) is 11.8 Å². The van der Waals surface area contributed by atoms with Gasteiger partial charge in [0.05, 0.1) is 11.1 Å². The maximum Gasteiger partial charge on any atom is 0.229 e. The average molecular weight is 569 g/mol. The van der Waals surface area contributed by atoms with E-state index in [1.807, 2.05) is 72.0 Å². The van der Waals surface area contributed by atoms with Crippen molar-refractivity contribution >= 4 is 52.0 Å². The van der Waals surface area contributed by atoms with Gasteiger partial charge >= 0.3 is 0 Å². The molecule has 2 aromatic heterocycles. The third kappa shape index (κ3) is 5.26. The third-order valence-electron chi connectivity index (χ3n) is 7.32. The van der Waals surface area contributed by atoms with Crippen molar-refractivity contribution in [2.75, 3.05) is 36.5 Å². The fraction of sp³-hybridized carbons (Fsp3) is 0.357. The fourth-order valence-electron chi connectivity index (χ4n) is 4.92. The highest BCUT2D eigenvalue weighted by atomic mass is 35.5. The number of halogens is 2. The third-order valence-corrected chi connectivity index (χ3v) is 7.90. The van der Waals surface area contributed by atoms with E-state index in [4.69, 9.17) is 43.9 Å². The summed E-state index contributed by atoms with van der Waals surface area (Å²) in [6.45, 7) is 5.14. The molecule has 1 aliphatic heterocycles. The molecule has 0 bridgehead atoms. The van der Waals surface area contributed by atoms with E-state index in [1.165, 1.54) is 0 Å². The quantitative estimate of drug-likeness (QED) is 0.332. The zero-order chi connectivity index (χ0) is 27.9. The van der Waals surface area contributed by atoms with Crippen LogP contribution in [0.3, 0.4) is 0 Å². The van der Waals surface area contributed by atoms with Crippen LogP contribution < -0.4 is 15.5 Å². The lowest BCUT2D eigenvalue weighted by molar-refractivity contribution is -0.127. The van der Waals surface area contributed by atoms with Crippen LogP contribution in [-0.4, -0.2) is 63.3 Å². The van der Waals surface area contributed by atoms with Crippen molar-refractivity contribution < 1.29 is 9.90 Å². The molecule has 1 saturated heterocycles. The molecule has 11 heteroatoms. The molecule has 1 fully saturated rings. The number of imidazole rings is 1. The molecule has 1 atom stereocenters. The number of benzene rings is 2. The van der Waals surface area contributed by atoms with Gasteiger partial charge in [-0.2, -0.15) is 9.97 Å². The smallest absolute Gasteiger partial charge is 0.229 e. The van der Waals surface area contributed by atoms with E-state index < -0.39 is 11.5 Å². The predicted octanol–water partition coefficient (Wildman–Crippen LogP) is 4.70. The maximum atomic E-state index is 12.1. The highest BCUT2D eigenvalue weighted by Crippen LogP contribution is 2.38. The highest BCUT2D eigenvalue weighted by molar-refractivity contribution is 6.33. The number of carbonyl (C=O) groups excluding carboxylic acids is 1. The first-order valence-corrected chi connectivity index (χ1v) is 13.6. The van der Waals surface area contributed by atoms with E-state index in [1.54, 1.807) is 6.92 Å². The summed E-state index contributed by atoms with van der Waals surface area (Å²) in [5.74, 6) is 1.42. The van der Waals surface area contributed by atoms with Gasteiger partial charge in [-0.05, 0) is 56.2 Å². The second-order valence-corrected chi connectivity index (χ2v) is 11.2. The molecule has 0 aliphatic carbocycles. The van der Waals surface area contributed by atoms with Gasteiger partial charge in [0.25, 0.3) is 0 Å². The number of anilines is 2. The second kappa shape index (κ2) is 10.6. The van der Waals surface area contributed by atoms with Crippen LogP contribution in [0.15, 0.2) is 48.5 Å². The number of amides is 1. The molecule has 4 aromatic rings. The van der Waals surface area contributed by atoms with Gasteiger partial charge in [-0.1, -0.05) is 42.3 Å². The van der Waals surface area contributed by atoms with Gasteiger partial charge in [-0.3, -0.25) is 9.36 Å². The number of rotatable bonds is 7. The van der Waals surface area contributed by atoms with Crippen LogP contribution in [-0.2, 0) is 4.79 Å². The molecule has 1 aliphatic rings. The normalized spacial score (nSPS) is 15.9. The molecule has 0 spiro atoms. The van der Waals surface area contributed by atoms with Crippen LogP contribution in [0, 0.1) is 5.41 Å². The van der Waals surface area contributed by atoms with Crippen molar-refractivity contribution in [1.29, 1.82) is 0 Å². The first-order chi connectivity index (χ1) is 18.6. The lowest BCUT2D eigenvalue weighted by Crippen LogP contribution is -2.45. The van der Waals surface area contributed by atoms with E-state index in [0.717, 1.165) is 11.3 Å². The van der Waals surface area contributed by atoms with Gasteiger partial charge in [0.1, 0.15) is 5.82 Å². The summed E-state index contributed by atoms with van der Waals surface area (Å²) < 4.78 is 1.95. The molecular weight excluding hydrogens is 537 g/mol. The highest BCUT2D eigenvalue weighted by Gasteiger charge is 2.37. The molecule has 204 valence electrons. The summed E-state index contributed by atoms with van der Waals surface area (Å²) in [5, 5.41) is 11.2. The van der Waals surface area contributed by atoms with Crippen molar-refractivity contribution in [3.05, 3.63) is 58.6 Å². The Labute approximate surface area is 237 Å². The Kier molecular flexibility index (Phi) is 7.41. The van der Waals surface area contributed by atoms with Gasteiger partial charge < -0.3 is 20.6 Å². The minimum atomic E-state index is -0.580. The number of likely N-dealkylation sites (N-methyl/N-ethyl adjacent to an activating group) is 1. The maximum absolute atomic E-state index is 12.1. The van der Waals surface area contributed by atoms with Crippen molar-refractivity contribution in [2.45, 2.75) is 32.8 Å². The Hall–Kier alpha value is -3.40. The van der Waals surface area contributed by atoms with Crippen LogP contribution in [0.2, 0.25) is 10.0 Å². The van der Waals surface area contributed by atoms with Crippen LogP contribution >= 0.6 is 23.2 Å². The Morgan fingerprint density at radius 3 is 2.38 bits per heavy atom. The van der Waals surface area contributed by atoms with E-state index in [-0.39, 0.29) is 5.91 Å². The lowest BCUT2D eigenvalue weighted by Gasteiger charge is -2.38. The van der Waals surface area contributed by atoms with Gasteiger partial charge in [0.15, 0.2) is 17.0 Å². The Morgan fingerprint density at radius 2 is 1.77 bits per heavy atom. The van der Waals surface area contributed by atoms with E-state index >= 15 is 0 Å². The molecule has 0 unspecified atom stereocenters. The first kappa shape index (κ1) is 27.2. The molecule has 9 nitrogen and oxygen atoms in total. The lowest BCUT2D eigenvalue weighted by atomic mass is 9.80. The number of hydrogen-bond donors (Lipinski definition) is 2. The molecule has 1 amide bonds. The number of fused-ring (bicyclic) bond motifs is 1. The molecule has 39 heavy (non-hydrogen) atoms. The van der Waals surface area contributed by atoms with Gasteiger partial charge in [0.2, 0.25) is 11.9 Å². The van der Waals surface area contributed by atoms with Gasteiger partial charge in [-0.15, -0.1) is 0 Å². The van der Waals surface area contributed by atoms with Gasteiger partial charge in [0, 0.05) is 48.4 Å². The summed E-state index contributed by atoms with van der Waals surface area (Å²) in [4.78, 5) is 31.0. The van der Waals surface area contributed by atoms with Crippen LogP contribution in [0.25, 0.3) is 28.2 Å². The topological polar surface area (TPSA) is 113 Å². The van der Waals surface area contributed by atoms with Crippen molar-refractivity contribution in [2.24, 2.45) is 11.1 Å². The Morgan fingerprint density at radius 1 is 1.10 bits per heavy atom. The fourth-order valence-corrected chi connectivity index (χ4v) is 5.26. The first-order valence-electron chi connectivity index (χ1n) is 12.8. The summed E-state index contributed by atoms with van der Waals surface area (Å²) in [7, 11) is 1.84. The van der Waals surface area contributed by atoms with Crippen molar-refractivity contribution in [1.82, 2.24) is 19.5 Å². The number of nitrogens with zero attached hydrogens (tertiary/aromatic N) is 6. The molecule has 3 heterocycles. The van der Waals surface area contributed by atoms with Crippen molar-refractivity contribution in [3.8, 4) is 17.1 Å². The Bertz CT molecular complexity index is 1510. The van der Waals surface area contributed by atoms with Crippen LogP contribution in [0.5, 0.6) is 0 Å². The molecule has 5 rings (SSSR count). The van der Waals surface area contributed by atoms with Crippen molar-refractivity contribution in [3.63, 3.8) is 0 Å². The number of nitrogens with two attached hydrogens (primary N) is 1. The number of primary amides is 1. The number of aromatic nitrogens is 4. The number of aliphatic hydroxyl groups is 1. The zero-order valence-corrected chi connectivity index (χ0v) is 23.6. The number of hydrogen-bond acceptors (Lipinski definition) is 7. The molecule has 0 radical (unpaired) electrons. The summed E-state index contributed by atoms with van der Waals surface area (Å²) in [6, 6.07) is 15.0. The molecule has 3 N–H and O–H groups in total. The van der Waals surface area contributed by atoms with Crippen LogP contribution in [0.1, 0.15) is 26.7 Å². The second-order valence-electron chi connectivity index (χ2n) is 10.4. The molecule has 2 aromatic carbocycles. The van der Waals surface area contributed by atoms with Gasteiger partial charge in [-0.25, -0.2) is 4.98 Å². The standard InChI is InChI=1S/C28H31Cl2N7O2/c1-17(38)16-35(3)27-33-24(36-14-12-28(2,13-15-36)26(31)39)22-25(34-27)37(19-10-8-18(29)9-11-19)23(32-22)20-6-4-5-7-21(20)30/h4-11,17,38H,12-16H2,1-3H3,(H2,31,39)/t17-/m0/s1. The van der Waals surface area contributed by atoms with E-state index in [0.29, 0.717) is 71.3 Å². The minimum Gasteiger partial charge on any atom is -0.392 e. The average Bonchev–Trinajstić information content (AvgIpc) is 3.28. The monoisotopic (exact) mass is 567 g/mol. The summed E-state index contributed by atoms with van der Waals surface area (Å²) in [5.41, 5.74) is 7.90. The SMILES string of the molecule is C[C@H](O)CN(C)c1nc(N2CCC(C)(C(N)=O)CC2)c2nc(-c3ccccc3Cl)n(-c3ccc(Cl)cc3)c2n1. The van der Waals surface area contributed by atoms with E-state index in [9.17, 15) is 9.90 Å².